The topological polar surface area (TPSA) is 42.4 Å². The van der Waals surface area contributed by atoms with Gasteiger partial charge in [-0.2, -0.15) is 0 Å². The van der Waals surface area contributed by atoms with Crippen molar-refractivity contribution in [3.63, 3.8) is 0 Å². The summed E-state index contributed by atoms with van der Waals surface area (Å²) in [6.45, 7) is 0. The predicted molar refractivity (Wildman–Crippen MR) is 235 cm³/mol. The smallest absolute Gasteiger partial charge is 0.227 e. The van der Waals surface area contributed by atoms with Crippen molar-refractivity contribution >= 4 is 60.9 Å². The van der Waals surface area contributed by atoms with Gasteiger partial charge in [0.25, 0.3) is 0 Å². The van der Waals surface area contributed by atoms with E-state index in [1.165, 1.54) is 27.5 Å². The third-order valence-corrected chi connectivity index (χ3v) is 10.9. The number of hydrogen-bond acceptors (Lipinski definition) is 4. The third kappa shape index (κ3) is 5.83. The molecule has 11 aromatic rings. The van der Waals surface area contributed by atoms with E-state index < -0.39 is 0 Å². The van der Waals surface area contributed by atoms with Gasteiger partial charge in [0.1, 0.15) is 16.7 Å². The summed E-state index contributed by atoms with van der Waals surface area (Å²) in [5.74, 6) is 0.597. The number of nitrogens with zero attached hydrogens (tertiary/aromatic N) is 2. The largest absolute Gasteiger partial charge is 0.456 e. The molecule has 0 aliphatic heterocycles. The van der Waals surface area contributed by atoms with Crippen LogP contribution in [0.4, 0.5) is 17.1 Å². The molecule has 57 heavy (non-hydrogen) atoms. The fourth-order valence-corrected chi connectivity index (χ4v) is 8.13. The van der Waals surface area contributed by atoms with E-state index in [0.29, 0.717) is 11.5 Å². The van der Waals surface area contributed by atoms with Gasteiger partial charge in [-0.15, -0.1) is 0 Å². The van der Waals surface area contributed by atoms with Gasteiger partial charge >= 0.3 is 0 Å². The summed E-state index contributed by atoms with van der Waals surface area (Å²) in [7, 11) is 0. The Hall–Kier alpha value is -7.69. The molecule has 4 nitrogen and oxygen atoms in total. The van der Waals surface area contributed by atoms with E-state index in [2.05, 4.69) is 175 Å². The van der Waals surface area contributed by atoms with Crippen molar-refractivity contribution in [2.45, 2.75) is 0 Å². The molecule has 0 unspecified atom stereocenters. The summed E-state index contributed by atoms with van der Waals surface area (Å²) in [6.07, 6.45) is 0. The Kier molecular flexibility index (Phi) is 7.78. The number of aromatic nitrogens is 1. The van der Waals surface area contributed by atoms with Gasteiger partial charge in [0, 0.05) is 45.5 Å². The minimum absolute atomic E-state index is 0.597. The molecule has 0 N–H and O–H groups in total. The molecule has 0 amide bonds. The van der Waals surface area contributed by atoms with E-state index in [-0.39, 0.29) is 0 Å². The molecule has 0 spiro atoms. The monoisotopic (exact) mass is 730 g/mol. The Morgan fingerprint density at radius 3 is 1.74 bits per heavy atom. The first-order chi connectivity index (χ1) is 28.2. The summed E-state index contributed by atoms with van der Waals surface area (Å²) in [6, 6.07) is 72.5. The number of rotatable bonds is 7. The molecule has 2 aromatic heterocycles. The molecule has 0 bridgehead atoms. The fourth-order valence-electron chi connectivity index (χ4n) is 8.13. The zero-order valence-corrected chi connectivity index (χ0v) is 30.8. The zero-order chi connectivity index (χ0) is 37.7. The second kappa shape index (κ2) is 13.6. The molecule has 0 saturated heterocycles. The van der Waals surface area contributed by atoms with Crippen LogP contribution >= 0.6 is 0 Å². The summed E-state index contributed by atoms with van der Waals surface area (Å²) in [4.78, 5) is 7.16. The first-order valence-corrected chi connectivity index (χ1v) is 19.2. The molecule has 0 aliphatic rings. The van der Waals surface area contributed by atoms with Gasteiger partial charge in [0.2, 0.25) is 5.89 Å². The Morgan fingerprint density at radius 2 is 0.947 bits per heavy atom. The van der Waals surface area contributed by atoms with Crippen LogP contribution in [-0.2, 0) is 0 Å². The number of benzene rings is 9. The van der Waals surface area contributed by atoms with E-state index in [0.717, 1.165) is 66.8 Å². The zero-order valence-electron chi connectivity index (χ0n) is 30.8. The lowest BCUT2D eigenvalue weighted by molar-refractivity contribution is 0.617. The van der Waals surface area contributed by atoms with E-state index in [1.54, 1.807) is 0 Å². The van der Waals surface area contributed by atoms with E-state index in [1.807, 2.05) is 36.4 Å². The summed E-state index contributed by atoms with van der Waals surface area (Å²) in [5.41, 5.74) is 14.1. The second-order valence-corrected chi connectivity index (χ2v) is 14.4. The Labute approximate surface area is 329 Å². The van der Waals surface area contributed by atoms with E-state index in [4.69, 9.17) is 13.8 Å². The van der Waals surface area contributed by atoms with Crippen LogP contribution in [-0.4, -0.2) is 4.98 Å². The van der Waals surface area contributed by atoms with Crippen molar-refractivity contribution in [2.75, 3.05) is 4.90 Å². The van der Waals surface area contributed by atoms with Crippen molar-refractivity contribution in [1.29, 1.82) is 0 Å². The average Bonchev–Trinajstić information content (AvgIpc) is 3.87. The molecule has 0 aliphatic carbocycles. The van der Waals surface area contributed by atoms with E-state index in [9.17, 15) is 0 Å². The van der Waals surface area contributed by atoms with E-state index >= 15 is 0 Å². The Balaban J connectivity index is 1.08. The van der Waals surface area contributed by atoms with Crippen LogP contribution in [0.15, 0.2) is 215 Å². The van der Waals surface area contributed by atoms with Crippen molar-refractivity contribution in [3.8, 4) is 44.8 Å². The van der Waals surface area contributed by atoms with Crippen molar-refractivity contribution < 1.29 is 8.83 Å². The van der Waals surface area contributed by atoms with Gasteiger partial charge in [-0.05, 0) is 98.8 Å². The van der Waals surface area contributed by atoms with Gasteiger partial charge in [0.05, 0.1) is 0 Å². The standard InChI is InChI=1S/C53H34N2O2/c1-4-13-35(14-5-1)36-23-25-40(26-24-36)55(41-27-29-45(47(31-41)38-15-6-2-7-16-38)44-22-12-20-37-17-10-11-21-43(37)44)42-28-30-46-48-33-49-52(34-51(48)56-50(46)32-42)57-53(54-49)39-18-8-3-9-19-39/h1-34H. The maximum atomic E-state index is 6.61. The SMILES string of the molecule is c1ccc(-c2ccc(N(c3ccc(-c4cccc5ccccc45)c(-c4ccccc4)c3)c3ccc4c(c3)oc3cc5oc(-c6ccccc6)nc5cc34)cc2)cc1. The van der Waals surface area contributed by atoms with Crippen LogP contribution < -0.4 is 4.90 Å². The highest BCUT2D eigenvalue weighted by Crippen LogP contribution is 2.44. The third-order valence-electron chi connectivity index (χ3n) is 10.9. The molecular formula is C53H34N2O2. The molecular weight excluding hydrogens is 697 g/mol. The van der Waals surface area contributed by atoms with Gasteiger partial charge in [-0.25, -0.2) is 4.98 Å². The van der Waals surface area contributed by atoms with Crippen molar-refractivity contribution in [2.24, 2.45) is 0 Å². The molecule has 268 valence electrons. The van der Waals surface area contributed by atoms with Crippen LogP contribution in [0.5, 0.6) is 0 Å². The number of anilines is 3. The van der Waals surface area contributed by atoms with Crippen molar-refractivity contribution in [3.05, 3.63) is 206 Å². The molecule has 0 radical (unpaired) electrons. The van der Waals surface area contributed by atoms with Gasteiger partial charge < -0.3 is 13.7 Å². The lowest BCUT2D eigenvalue weighted by Gasteiger charge is -2.27. The normalized spacial score (nSPS) is 11.5. The molecule has 9 aromatic carbocycles. The summed E-state index contributed by atoms with van der Waals surface area (Å²) >= 11 is 0. The highest BCUT2D eigenvalue weighted by Gasteiger charge is 2.20. The van der Waals surface area contributed by atoms with Gasteiger partial charge in [-0.1, -0.05) is 140 Å². The lowest BCUT2D eigenvalue weighted by atomic mass is 9.90. The Bertz CT molecular complexity index is 3220. The number of oxazole rings is 1. The molecule has 2 heterocycles. The van der Waals surface area contributed by atoms with Gasteiger partial charge in [0.15, 0.2) is 5.58 Å². The lowest BCUT2D eigenvalue weighted by Crippen LogP contribution is -2.10. The Morgan fingerprint density at radius 1 is 0.333 bits per heavy atom. The number of furan rings is 1. The quantitative estimate of drug-likeness (QED) is 0.164. The highest BCUT2D eigenvalue weighted by molar-refractivity contribution is 6.10. The maximum Gasteiger partial charge on any atom is 0.227 e. The highest BCUT2D eigenvalue weighted by atomic mass is 16.4. The predicted octanol–water partition coefficient (Wildman–Crippen LogP) is 15.0. The molecule has 11 rings (SSSR count). The molecule has 4 heteroatoms. The minimum atomic E-state index is 0.597. The molecule has 0 fully saturated rings. The van der Waals surface area contributed by atoms with Crippen LogP contribution in [0.25, 0.3) is 88.6 Å². The molecule has 0 atom stereocenters. The number of hydrogen-bond donors (Lipinski definition) is 0. The van der Waals surface area contributed by atoms with Crippen LogP contribution in [0.3, 0.4) is 0 Å². The fraction of sp³-hybridized carbons (Fsp3) is 0. The first-order valence-electron chi connectivity index (χ1n) is 19.2. The average molecular weight is 731 g/mol. The minimum Gasteiger partial charge on any atom is -0.456 e. The van der Waals surface area contributed by atoms with Crippen LogP contribution in [0, 0.1) is 0 Å². The first kappa shape index (κ1) is 32.7. The van der Waals surface area contributed by atoms with Gasteiger partial charge in [-0.3, -0.25) is 0 Å². The summed E-state index contributed by atoms with van der Waals surface area (Å²) in [5, 5.41) is 4.47. The van der Waals surface area contributed by atoms with Crippen molar-refractivity contribution in [1.82, 2.24) is 4.98 Å². The second-order valence-electron chi connectivity index (χ2n) is 14.4. The maximum absolute atomic E-state index is 6.61. The molecule has 0 saturated carbocycles. The van der Waals surface area contributed by atoms with Crippen LogP contribution in [0.2, 0.25) is 0 Å². The van der Waals surface area contributed by atoms with Crippen LogP contribution in [0.1, 0.15) is 0 Å². The summed E-state index contributed by atoms with van der Waals surface area (Å²) < 4.78 is 12.8. The number of fused-ring (bicyclic) bond motifs is 5.